The van der Waals surface area contributed by atoms with Gasteiger partial charge in [0.05, 0.1) is 22.1 Å². The molecule has 0 spiro atoms. The molecule has 0 bridgehead atoms. The SMILES string of the molecule is CN(C)CCNC(=O)c1ccc2nc3ccccc3nc2c1. The summed E-state index contributed by atoms with van der Waals surface area (Å²) in [5, 5.41) is 2.90. The van der Waals surface area contributed by atoms with Crippen molar-refractivity contribution in [3.05, 3.63) is 48.0 Å². The van der Waals surface area contributed by atoms with Crippen molar-refractivity contribution in [3.63, 3.8) is 0 Å². The van der Waals surface area contributed by atoms with Crippen molar-refractivity contribution < 1.29 is 4.79 Å². The predicted molar refractivity (Wildman–Crippen MR) is 87.9 cm³/mol. The van der Waals surface area contributed by atoms with E-state index < -0.39 is 0 Å². The molecule has 0 aliphatic carbocycles. The minimum atomic E-state index is -0.0845. The highest BCUT2D eigenvalue weighted by atomic mass is 16.1. The Morgan fingerprint density at radius 2 is 1.64 bits per heavy atom. The largest absolute Gasteiger partial charge is 0.351 e. The van der Waals surface area contributed by atoms with Gasteiger partial charge in [-0.05, 0) is 44.4 Å². The fourth-order valence-electron chi connectivity index (χ4n) is 2.26. The summed E-state index contributed by atoms with van der Waals surface area (Å²) in [4.78, 5) is 23.3. The van der Waals surface area contributed by atoms with Gasteiger partial charge in [-0.25, -0.2) is 9.97 Å². The van der Waals surface area contributed by atoms with Gasteiger partial charge in [0.2, 0.25) is 0 Å². The van der Waals surface area contributed by atoms with Crippen LogP contribution in [0, 0.1) is 0 Å². The Morgan fingerprint density at radius 1 is 1.00 bits per heavy atom. The first-order chi connectivity index (χ1) is 10.6. The molecule has 2 aromatic carbocycles. The first-order valence-corrected chi connectivity index (χ1v) is 7.23. The van der Waals surface area contributed by atoms with E-state index in [9.17, 15) is 4.79 Å². The lowest BCUT2D eigenvalue weighted by Crippen LogP contribution is -2.31. The molecule has 0 saturated heterocycles. The number of hydrogen-bond acceptors (Lipinski definition) is 4. The van der Waals surface area contributed by atoms with Crippen molar-refractivity contribution in [1.82, 2.24) is 20.2 Å². The Labute approximate surface area is 129 Å². The number of carbonyl (C=O) groups excluding carboxylic acids is 1. The van der Waals surface area contributed by atoms with Crippen LogP contribution in [0.15, 0.2) is 42.5 Å². The number of rotatable bonds is 4. The zero-order valence-corrected chi connectivity index (χ0v) is 12.7. The van der Waals surface area contributed by atoms with Crippen molar-refractivity contribution >= 4 is 28.0 Å². The number of nitrogens with one attached hydrogen (secondary N) is 1. The molecular formula is C17H18N4O. The molecule has 3 rings (SSSR count). The van der Waals surface area contributed by atoms with Gasteiger partial charge in [0.25, 0.3) is 5.91 Å². The average molecular weight is 294 g/mol. The second-order valence-electron chi connectivity index (χ2n) is 5.47. The summed E-state index contributed by atoms with van der Waals surface area (Å²) in [7, 11) is 3.95. The lowest BCUT2D eigenvalue weighted by Gasteiger charge is -2.10. The molecule has 5 heteroatoms. The molecule has 1 heterocycles. The summed E-state index contributed by atoms with van der Waals surface area (Å²) < 4.78 is 0. The van der Waals surface area contributed by atoms with Crippen LogP contribution in [0.5, 0.6) is 0 Å². The van der Waals surface area contributed by atoms with Crippen molar-refractivity contribution in [1.29, 1.82) is 0 Å². The van der Waals surface area contributed by atoms with Gasteiger partial charge in [0.1, 0.15) is 0 Å². The number of nitrogens with zero attached hydrogens (tertiary/aromatic N) is 3. The molecule has 0 unspecified atom stereocenters. The lowest BCUT2D eigenvalue weighted by molar-refractivity contribution is 0.0951. The van der Waals surface area contributed by atoms with E-state index in [-0.39, 0.29) is 5.91 Å². The van der Waals surface area contributed by atoms with Crippen LogP contribution in [-0.4, -0.2) is 48.0 Å². The molecule has 0 fully saturated rings. The normalized spacial score (nSPS) is 11.2. The number of hydrogen-bond donors (Lipinski definition) is 1. The number of aromatic nitrogens is 2. The van der Waals surface area contributed by atoms with Crippen molar-refractivity contribution in [2.24, 2.45) is 0 Å². The highest BCUT2D eigenvalue weighted by molar-refractivity contribution is 5.98. The van der Waals surface area contributed by atoms with Gasteiger partial charge >= 0.3 is 0 Å². The number of fused-ring (bicyclic) bond motifs is 2. The maximum Gasteiger partial charge on any atom is 0.251 e. The monoisotopic (exact) mass is 294 g/mol. The Morgan fingerprint density at radius 3 is 2.32 bits per heavy atom. The minimum Gasteiger partial charge on any atom is -0.351 e. The summed E-state index contributed by atoms with van der Waals surface area (Å²) in [5.41, 5.74) is 3.83. The molecule has 1 N–H and O–H groups in total. The lowest BCUT2D eigenvalue weighted by atomic mass is 10.1. The fraction of sp³-hybridized carbons (Fsp3) is 0.235. The van der Waals surface area contributed by atoms with Gasteiger partial charge in [-0.3, -0.25) is 4.79 Å². The van der Waals surface area contributed by atoms with Gasteiger partial charge < -0.3 is 10.2 Å². The Hall–Kier alpha value is -2.53. The van der Waals surface area contributed by atoms with Gasteiger partial charge in [0, 0.05) is 18.7 Å². The third kappa shape index (κ3) is 3.04. The van der Waals surface area contributed by atoms with E-state index in [2.05, 4.69) is 15.3 Å². The van der Waals surface area contributed by atoms with Crippen LogP contribution in [-0.2, 0) is 0 Å². The van der Waals surface area contributed by atoms with Gasteiger partial charge in [0.15, 0.2) is 0 Å². The van der Waals surface area contributed by atoms with Crippen LogP contribution in [0.4, 0.5) is 0 Å². The number of amides is 1. The molecule has 22 heavy (non-hydrogen) atoms. The summed E-state index contributed by atoms with van der Waals surface area (Å²) in [6, 6.07) is 13.2. The van der Waals surface area contributed by atoms with Crippen LogP contribution >= 0.6 is 0 Å². The standard InChI is InChI=1S/C17H18N4O/c1-21(2)10-9-18-17(22)12-7-8-15-16(11-12)20-14-6-4-3-5-13(14)19-15/h3-8,11H,9-10H2,1-2H3,(H,18,22). The quantitative estimate of drug-likeness (QED) is 0.748. The number of likely N-dealkylation sites (N-methyl/N-ethyl adjacent to an activating group) is 1. The van der Waals surface area contributed by atoms with E-state index in [4.69, 9.17) is 0 Å². The van der Waals surface area contributed by atoms with E-state index in [1.807, 2.05) is 49.3 Å². The maximum atomic E-state index is 12.2. The third-order valence-electron chi connectivity index (χ3n) is 3.45. The molecule has 0 radical (unpaired) electrons. The van der Waals surface area contributed by atoms with Crippen LogP contribution in [0.1, 0.15) is 10.4 Å². The average Bonchev–Trinajstić information content (AvgIpc) is 2.51. The van der Waals surface area contributed by atoms with Gasteiger partial charge in [-0.2, -0.15) is 0 Å². The molecule has 0 atom stereocenters. The highest BCUT2D eigenvalue weighted by Gasteiger charge is 2.08. The van der Waals surface area contributed by atoms with E-state index in [0.29, 0.717) is 12.1 Å². The fourth-order valence-corrected chi connectivity index (χ4v) is 2.26. The van der Waals surface area contributed by atoms with Gasteiger partial charge in [-0.1, -0.05) is 12.1 Å². The molecule has 1 amide bonds. The number of para-hydroxylation sites is 2. The van der Waals surface area contributed by atoms with Crippen molar-refractivity contribution in [3.8, 4) is 0 Å². The zero-order chi connectivity index (χ0) is 15.5. The molecule has 0 aliphatic heterocycles. The Bertz CT molecular complexity index is 829. The number of benzene rings is 2. The highest BCUT2D eigenvalue weighted by Crippen LogP contribution is 2.17. The molecule has 5 nitrogen and oxygen atoms in total. The molecule has 3 aromatic rings. The molecule has 112 valence electrons. The number of carbonyl (C=O) groups is 1. The molecular weight excluding hydrogens is 276 g/mol. The summed E-state index contributed by atoms with van der Waals surface area (Å²) in [5.74, 6) is -0.0845. The van der Waals surface area contributed by atoms with E-state index >= 15 is 0 Å². The van der Waals surface area contributed by atoms with Crippen molar-refractivity contribution in [2.45, 2.75) is 0 Å². The van der Waals surface area contributed by atoms with Crippen LogP contribution in [0.25, 0.3) is 22.1 Å². The second kappa shape index (κ2) is 6.07. The van der Waals surface area contributed by atoms with Crippen LogP contribution < -0.4 is 5.32 Å². The molecule has 0 aliphatic rings. The zero-order valence-electron chi connectivity index (χ0n) is 12.7. The smallest absolute Gasteiger partial charge is 0.251 e. The van der Waals surface area contributed by atoms with Crippen LogP contribution in [0.3, 0.4) is 0 Å². The Kier molecular flexibility index (Phi) is 3.98. The van der Waals surface area contributed by atoms with E-state index in [1.165, 1.54) is 0 Å². The van der Waals surface area contributed by atoms with E-state index in [1.54, 1.807) is 12.1 Å². The summed E-state index contributed by atoms with van der Waals surface area (Å²) in [6.45, 7) is 1.43. The Balaban J connectivity index is 1.88. The predicted octanol–water partition coefficient (Wildman–Crippen LogP) is 2.07. The minimum absolute atomic E-state index is 0.0845. The summed E-state index contributed by atoms with van der Waals surface area (Å²) in [6.07, 6.45) is 0. The maximum absolute atomic E-state index is 12.2. The first-order valence-electron chi connectivity index (χ1n) is 7.23. The molecule has 0 saturated carbocycles. The first kappa shape index (κ1) is 14.4. The second-order valence-corrected chi connectivity index (χ2v) is 5.47. The van der Waals surface area contributed by atoms with E-state index in [0.717, 1.165) is 28.6 Å². The van der Waals surface area contributed by atoms with Crippen molar-refractivity contribution in [2.75, 3.05) is 27.2 Å². The van der Waals surface area contributed by atoms with Gasteiger partial charge in [-0.15, -0.1) is 0 Å². The third-order valence-corrected chi connectivity index (χ3v) is 3.45. The molecule has 1 aromatic heterocycles. The topological polar surface area (TPSA) is 58.1 Å². The van der Waals surface area contributed by atoms with Crippen LogP contribution in [0.2, 0.25) is 0 Å². The summed E-state index contributed by atoms with van der Waals surface area (Å²) >= 11 is 0.